The lowest BCUT2D eigenvalue weighted by Crippen LogP contribution is -2.33. The highest BCUT2D eigenvalue weighted by atomic mass is 32.2. The number of halogens is 1. The van der Waals surface area contributed by atoms with Crippen molar-refractivity contribution in [2.24, 2.45) is 0 Å². The van der Waals surface area contributed by atoms with Crippen LogP contribution in [0.25, 0.3) is 28.1 Å². The van der Waals surface area contributed by atoms with Crippen molar-refractivity contribution in [2.45, 2.75) is 19.3 Å². The molecule has 0 bridgehead atoms. The molecule has 1 saturated heterocycles. The predicted molar refractivity (Wildman–Crippen MR) is 94.3 cm³/mol. The summed E-state index contributed by atoms with van der Waals surface area (Å²) in [5, 5.41) is 16.7. The Labute approximate surface area is 151 Å². The quantitative estimate of drug-likeness (QED) is 0.398. The minimum Gasteiger partial charge on any atom is -0.618 e. The fourth-order valence-electron chi connectivity index (χ4n) is 3.43. The van der Waals surface area contributed by atoms with Crippen molar-refractivity contribution in [3.8, 4) is 11.5 Å². The molecule has 4 heterocycles. The summed E-state index contributed by atoms with van der Waals surface area (Å²) < 4.78 is 21.9. The molecule has 3 aromatic heterocycles. The maximum absolute atomic E-state index is 14.2. The van der Waals surface area contributed by atoms with E-state index in [-0.39, 0.29) is 11.4 Å². The molecule has 0 spiro atoms. The third kappa shape index (κ3) is 2.13. The highest BCUT2D eigenvalue weighted by Crippen LogP contribution is 2.33. The van der Waals surface area contributed by atoms with E-state index in [0.717, 1.165) is 17.9 Å². The normalized spacial score (nSPS) is 17.5. The predicted octanol–water partition coefficient (Wildman–Crippen LogP) is 2.84. The number of rotatable bonds is 2. The molecule has 1 aromatic carbocycles. The van der Waals surface area contributed by atoms with Gasteiger partial charge in [-0.2, -0.15) is 25.9 Å². The van der Waals surface area contributed by atoms with Gasteiger partial charge in [-0.15, -0.1) is 0 Å². The molecule has 1 unspecified atom stereocenters. The van der Waals surface area contributed by atoms with E-state index in [0.29, 0.717) is 38.9 Å². The van der Waals surface area contributed by atoms with Crippen molar-refractivity contribution in [3.63, 3.8) is 0 Å². The molecule has 1 aliphatic rings. The highest BCUT2D eigenvalue weighted by Gasteiger charge is 2.27. The smallest absolute Gasteiger partial charge is 0.277 e. The Balaban J connectivity index is 1.74. The van der Waals surface area contributed by atoms with Crippen LogP contribution in [0.5, 0.6) is 0 Å². The SMILES string of the molecule is Cc1c2c(-c3noc(C4CCSC4)n3)ncn2c2cccc(F)c2[n+]1[O-]. The largest absolute Gasteiger partial charge is 0.618 e. The lowest BCUT2D eigenvalue weighted by molar-refractivity contribution is -0.584. The molecule has 4 aromatic rings. The van der Waals surface area contributed by atoms with Crippen LogP contribution >= 0.6 is 11.8 Å². The van der Waals surface area contributed by atoms with Crippen molar-refractivity contribution in [2.75, 3.05) is 11.5 Å². The van der Waals surface area contributed by atoms with Crippen LogP contribution < -0.4 is 4.73 Å². The molecule has 26 heavy (non-hydrogen) atoms. The summed E-state index contributed by atoms with van der Waals surface area (Å²) >= 11 is 1.87. The number of imidazole rings is 1. The minimum atomic E-state index is -0.571. The summed E-state index contributed by atoms with van der Waals surface area (Å²) in [6.45, 7) is 1.63. The van der Waals surface area contributed by atoms with Gasteiger partial charge in [0.2, 0.25) is 17.4 Å². The van der Waals surface area contributed by atoms with Gasteiger partial charge in [0, 0.05) is 18.6 Å². The molecule has 0 N–H and O–H groups in total. The molecular weight excluding hydrogens is 357 g/mol. The zero-order valence-electron chi connectivity index (χ0n) is 13.8. The molecule has 9 heteroatoms. The minimum absolute atomic E-state index is 0.0155. The Kier molecular flexibility index (Phi) is 3.39. The van der Waals surface area contributed by atoms with Gasteiger partial charge < -0.3 is 9.73 Å². The number of aromatic nitrogens is 5. The molecule has 1 atom stereocenters. The van der Waals surface area contributed by atoms with Crippen LogP contribution in [0.1, 0.15) is 23.9 Å². The van der Waals surface area contributed by atoms with Crippen molar-refractivity contribution in [1.82, 2.24) is 19.5 Å². The first-order chi connectivity index (χ1) is 12.6. The molecule has 1 aliphatic heterocycles. The third-order valence-electron chi connectivity index (χ3n) is 4.78. The van der Waals surface area contributed by atoms with E-state index < -0.39 is 5.82 Å². The van der Waals surface area contributed by atoms with Crippen LogP contribution in [0.4, 0.5) is 4.39 Å². The zero-order chi connectivity index (χ0) is 17.8. The maximum Gasteiger partial charge on any atom is 0.277 e. The monoisotopic (exact) mass is 371 g/mol. The van der Waals surface area contributed by atoms with Crippen molar-refractivity contribution >= 4 is 28.3 Å². The summed E-state index contributed by atoms with van der Waals surface area (Å²) in [5.74, 6) is 2.69. The Morgan fingerprint density at radius 2 is 2.31 bits per heavy atom. The molecule has 0 radical (unpaired) electrons. The van der Waals surface area contributed by atoms with Crippen molar-refractivity contribution in [3.05, 3.63) is 47.1 Å². The number of nitrogens with zero attached hydrogens (tertiary/aromatic N) is 5. The molecule has 0 saturated carbocycles. The summed E-state index contributed by atoms with van der Waals surface area (Å²) in [6.07, 6.45) is 2.57. The third-order valence-corrected chi connectivity index (χ3v) is 5.94. The second-order valence-corrected chi connectivity index (χ2v) is 7.47. The Morgan fingerprint density at radius 1 is 1.42 bits per heavy atom. The van der Waals surface area contributed by atoms with Crippen LogP contribution in [0.3, 0.4) is 0 Å². The van der Waals surface area contributed by atoms with Gasteiger partial charge in [0.1, 0.15) is 23.1 Å². The standard InChI is InChI=1S/C17H14FN5O2S/c1-9-14-13(16-20-17(25-21-16)10-5-6-26-7-10)19-8-22(14)12-4-2-3-11(18)15(12)23(9)24/h2-4,8,10H,5-7H2,1H3. The zero-order valence-corrected chi connectivity index (χ0v) is 14.7. The van der Waals surface area contributed by atoms with Crippen LogP contribution in [-0.2, 0) is 0 Å². The Bertz CT molecular complexity index is 1150. The second kappa shape index (κ2) is 5.66. The van der Waals surface area contributed by atoms with E-state index in [1.54, 1.807) is 29.8 Å². The first-order valence-corrected chi connectivity index (χ1v) is 9.39. The Hall–Kier alpha value is -2.68. The van der Waals surface area contributed by atoms with E-state index in [1.807, 2.05) is 11.8 Å². The van der Waals surface area contributed by atoms with Crippen LogP contribution in [0.15, 0.2) is 29.0 Å². The lowest BCUT2D eigenvalue weighted by Gasteiger charge is -2.08. The number of hydrogen-bond acceptors (Lipinski definition) is 6. The van der Waals surface area contributed by atoms with Gasteiger partial charge in [0.15, 0.2) is 5.82 Å². The van der Waals surface area contributed by atoms with Crippen LogP contribution in [-0.4, -0.2) is 31.0 Å². The number of benzene rings is 1. The van der Waals surface area contributed by atoms with E-state index in [1.165, 1.54) is 6.07 Å². The molecule has 0 amide bonds. The average Bonchev–Trinajstić information content (AvgIpc) is 3.38. The fourth-order valence-corrected chi connectivity index (χ4v) is 4.64. The summed E-state index contributed by atoms with van der Waals surface area (Å²) in [5.41, 5.74) is 1.76. The molecule has 1 fully saturated rings. The topological polar surface area (TPSA) is 83.2 Å². The molecule has 132 valence electrons. The lowest BCUT2D eigenvalue weighted by atomic mass is 10.1. The first kappa shape index (κ1) is 15.6. The molecular formula is C17H14FN5O2S. The van der Waals surface area contributed by atoms with E-state index >= 15 is 0 Å². The van der Waals surface area contributed by atoms with Gasteiger partial charge in [-0.25, -0.2) is 4.98 Å². The second-order valence-electron chi connectivity index (χ2n) is 6.32. The first-order valence-electron chi connectivity index (χ1n) is 8.24. The maximum atomic E-state index is 14.2. The number of hydrogen-bond donors (Lipinski definition) is 0. The number of para-hydroxylation sites is 1. The summed E-state index contributed by atoms with van der Waals surface area (Å²) in [6, 6.07) is 4.52. The molecule has 0 aliphatic carbocycles. The number of thioether (sulfide) groups is 1. The molecule has 5 rings (SSSR count). The average molecular weight is 371 g/mol. The Morgan fingerprint density at radius 3 is 3.12 bits per heavy atom. The number of aryl methyl sites for hydroxylation is 1. The van der Waals surface area contributed by atoms with Gasteiger partial charge in [0.05, 0.1) is 0 Å². The van der Waals surface area contributed by atoms with E-state index in [4.69, 9.17) is 4.52 Å². The fraction of sp³-hybridized carbons (Fsp3) is 0.294. The van der Waals surface area contributed by atoms with Crippen LogP contribution in [0.2, 0.25) is 0 Å². The number of fused-ring (bicyclic) bond motifs is 3. The van der Waals surface area contributed by atoms with E-state index in [9.17, 15) is 9.60 Å². The summed E-state index contributed by atoms with van der Waals surface area (Å²) in [4.78, 5) is 8.89. The van der Waals surface area contributed by atoms with Gasteiger partial charge in [-0.05, 0) is 24.3 Å². The van der Waals surface area contributed by atoms with Gasteiger partial charge in [-0.3, -0.25) is 4.40 Å². The highest BCUT2D eigenvalue weighted by molar-refractivity contribution is 7.99. The summed E-state index contributed by atoms with van der Waals surface area (Å²) in [7, 11) is 0. The van der Waals surface area contributed by atoms with Gasteiger partial charge >= 0.3 is 0 Å². The van der Waals surface area contributed by atoms with Gasteiger partial charge in [0.25, 0.3) is 5.52 Å². The molecule has 7 nitrogen and oxygen atoms in total. The van der Waals surface area contributed by atoms with Gasteiger partial charge in [-0.1, -0.05) is 11.2 Å². The van der Waals surface area contributed by atoms with E-state index in [2.05, 4.69) is 15.1 Å². The van der Waals surface area contributed by atoms with Crippen molar-refractivity contribution < 1.29 is 13.6 Å². The van der Waals surface area contributed by atoms with Crippen LogP contribution in [0, 0.1) is 17.9 Å². The van der Waals surface area contributed by atoms with Crippen molar-refractivity contribution in [1.29, 1.82) is 0 Å².